The summed E-state index contributed by atoms with van der Waals surface area (Å²) < 4.78 is 21.0. The number of aliphatic hydroxyl groups excluding tert-OH is 1. The summed E-state index contributed by atoms with van der Waals surface area (Å²) in [6.07, 6.45) is -1.19. The Morgan fingerprint density at radius 2 is 1.48 bits per heavy atom. The number of nitrogens with one attached hydrogen (secondary N) is 1. The molecule has 0 spiro atoms. The highest BCUT2D eigenvalue weighted by molar-refractivity contribution is 6.74. The number of hydrogen-bond acceptors (Lipinski definition) is 6. The number of rotatable bonds is 6. The molecule has 10 heteroatoms. The molecule has 0 radical (unpaired) electrons. The van der Waals surface area contributed by atoms with Crippen LogP contribution in [0.3, 0.4) is 0 Å². The molecule has 0 unspecified atom stereocenters. The van der Waals surface area contributed by atoms with E-state index in [0.29, 0.717) is 0 Å². The summed E-state index contributed by atoms with van der Waals surface area (Å²) in [5.74, 6) is 0. The summed E-state index contributed by atoms with van der Waals surface area (Å²) >= 11 is 0. The summed E-state index contributed by atoms with van der Waals surface area (Å²) in [7, 11) is -4.54. The van der Waals surface area contributed by atoms with Gasteiger partial charge in [-0.15, -0.1) is 0 Å². The third-order valence-corrected chi connectivity index (χ3v) is 16.0. The molecule has 2 rings (SSSR count). The van der Waals surface area contributed by atoms with Gasteiger partial charge >= 0.3 is 5.69 Å². The molecule has 4 atom stereocenters. The molecule has 1 fully saturated rings. The molecule has 1 aliphatic rings. The molecule has 1 aromatic heterocycles. The molecule has 2 N–H and O–H groups in total. The Hall–Kier alpha value is -1.05. The predicted octanol–water partition coefficient (Wildman–Crippen LogP) is 3.21. The van der Waals surface area contributed by atoms with Crippen molar-refractivity contribution in [2.75, 3.05) is 6.61 Å². The van der Waals surface area contributed by atoms with E-state index in [1.807, 2.05) is 0 Å². The largest absolute Gasteiger partial charge is 0.408 e. The van der Waals surface area contributed by atoms with Crippen molar-refractivity contribution in [3.05, 3.63) is 33.1 Å². The zero-order valence-corrected chi connectivity index (χ0v) is 22.6. The van der Waals surface area contributed by atoms with Crippen LogP contribution in [-0.4, -0.2) is 56.2 Å². The van der Waals surface area contributed by atoms with E-state index in [2.05, 4.69) is 72.7 Å². The van der Waals surface area contributed by atoms with E-state index in [1.54, 1.807) is 0 Å². The van der Waals surface area contributed by atoms with E-state index in [0.717, 1.165) is 0 Å². The number of nitrogens with zero attached hydrogens (tertiary/aromatic N) is 1. The fourth-order valence-electron chi connectivity index (χ4n) is 3.01. The number of aliphatic hydroxyl groups is 1. The molecule has 1 aromatic rings. The molecule has 31 heavy (non-hydrogen) atoms. The van der Waals surface area contributed by atoms with Crippen LogP contribution in [0.15, 0.2) is 21.9 Å². The second-order valence-corrected chi connectivity index (χ2v) is 21.0. The van der Waals surface area contributed by atoms with Crippen LogP contribution in [0, 0.1) is 0 Å². The minimum atomic E-state index is -2.29. The molecule has 0 aliphatic carbocycles. The lowest BCUT2D eigenvalue weighted by Crippen LogP contribution is -2.54. The number of aromatic nitrogens is 2. The van der Waals surface area contributed by atoms with Gasteiger partial charge in [0.2, 0.25) is 0 Å². The fourth-order valence-corrected chi connectivity index (χ4v) is 5.61. The van der Waals surface area contributed by atoms with Crippen molar-refractivity contribution in [2.24, 2.45) is 0 Å². The fraction of sp³-hybridized carbons (Fsp3) is 0.810. The smallest absolute Gasteiger partial charge is 0.330 e. The Morgan fingerprint density at radius 3 is 1.90 bits per heavy atom. The number of H-pyrrole nitrogens is 1. The molecule has 2 heterocycles. The van der Waals surface area contributed by atoms with E-state index < -0.39 is 52.4 Å². The average molecular weight is 473 g/mol. The van der Waals surface area contributed by atoms with Gasteiger partial charge in [0.05, 0.1) is 6.61 Å². The van der Waals surface area contributed by atoms with Crippen molar-refractivity contribution in [3.63, 3.8) is 0 Å². The normalized spacial score (nSPS) is 25.8. The number of aromatic amines is 1. The van der Waals surface area contributed by atoms with E-state index in [4.69, 9.17) is 13.6 Å². The van der Waals surface area contributed by atoms with Gasteiger partial charge in [-0.2, -0.15) is 0 Å². The van der Waals surface area contributed by atoms with E-state index in [1.165, 1.54) is 16.8 Å². The van der Waals surface area contributed by atoms with Gasteiger partial charge in [0.15, 0.2) is 22.9 Å². The van der Waals surface area contributed by atoms with Crippen LogP contribution in [-0.2, 0) is 13.6 Å². The van der Waals surface area contributed by atoms with Crippen molar-refractivity contribution >= 4 is 16.6 Å². The van der Waals surface area contributed by atoms with Gasteiger partial charge in [0, 0.05) is 12.3 Å². The lowest BCUT2D eigenvalue weighted by Gasteiger charge is -2.44. The van der Waals surface area contributed by atoms with Gasteiger partial charge in [-0.05, 0) is 36.3 Å². The second kappa shape index (κ2) is 8.71. The topological polar surface area (TPSA) is 103 Å². The molecular formula is C21H40N2O6Si2. The summed E-state index contributed by atoms with van der Waals surface area (Å²) in [5, 5.41) is 9.98. The quantitative estimate of drug-likeness (QED) is 0.616. The third-order valence-electron chi connectivity index (χ3n) is 7.06. The van der Waals surface area contributed by atoms with Crippen LogP contribution in [0.4, 0.5) is 0 Å². The van der Waals surface area contributed by atoms with Gasteiger partial charge in [0.1, 0.15) is 18.3 Å². The minimum Gasteiger partial charge on any atom is -0.408 e. The van der Waals surface area contributed by atoms with Gasteiger partial charge in [-0.25, -0.2) is 4.79 Å². The van der Waals surface area contributed by atoms with Gasteiger partial charge in [-0.3, -0.25) is 14.3 Å². The maximum atomic E-state index is 12.6. The SMILES string of the molecule is CC(C)(C)[Si](C)(C)O[C@@H]1[C@H](O[Si](C)(C)C(C)(C)C)[C@@H](CO)O[C@H]1n1ccc(=O)[nH]c1=O. The molecule has 1 aliphatic heterocycles. The third kappa shape index (κ3) is 5.48. The molecule has 0 aromatic carbocycles. The van der Waals surface area contributed by atoms with Gasteiger partial charge in [-0.1, -0.05) is 41.5 Å². The maximum Gasteiger partial charge on any atom is 0.330 e. The molecule has 0 amide bonds. The summed E-state index contributed by atoms with van der Waals surface area (Å²) in [6.45, 7) is 21.2. The molecular weight excluding hydrogens is 432 g/mol. The van der Waals surface area contributed by atoms with E-state index in [9.17, 15) is 14.7 Å². The van der Waals surface area contributed by atoms with Crippen LogP contribution in [0.25, 0.3) is 0 Å². The summed E-state index contributed by atoms with van der Waals surface area (Å²) in [4.78, 5) is 26.4. The van der Waals surface area contributed by atoms with Crippen molar-refractivity contribution < 1.29 is 18.7 Å². The average Bonchev–Trinajstić information content (AvgIpc) is 2.89. The molecule has 0 saturated carbocycles. The highest BCUT2D eigenvalue weighted by atomic mass is 28.4. The van der Waals surface area contributed by atoms with Gasteiger partial charge < -0.3 is 18.7 Å². The van der Waals surface area contributed by atoms with Gasteiger partial charge in [0.25, 0.3) is 5.56 Å². The van der Waals surface area contributed by atoms with Crippen LogP contribution in [0.2, 0.25) is 36.3 Å². The Labute approximate surface area is 187 Å². The van der Waals surface area contributed by atoms with Crippen molar-refractivity contribution in [3.8, 4) is 0 Å². The van der Waals surface area contributed by atoms with Crippen molar-refractivity contribution in [1.82, 2.24) is 9.55 Å². The lowest BCUT2D eigenvalue weighted by molar-refractivity contribution is -0.0529. The highest BCUT2D eigenvalue weighted by Crippen LogP contribution is 2.45. The first-order chi connectivity index (χ1) is 13.9. The Kier molecular flexibility index (Phi) is 7.37. The Balaban J connectivity index is 2.57. The monoisotopic (exact) mass is 472 g/mol. The predicted molar refractivity (Wildman–Crippen MR) is 126 cm³/mol. The number of hydrogen-bond donors (Lipinski definition) is 2. The standard InChI is InChI=1S/C21H40N2O6Si2/c1-20(2,3)30(7,8)28-16-14(13-24)27-18(23-12-11-15(25)22-19(23)26)17(16)29-31(9,10)21(4,5)6/h11-12,14,16-18,24H,13H2,1-10H3,(H,22,25,26)/t14-,16-,17-,18-/m1/s1. The summed E-state index contributed by atoms with van der Waals surface area (Å²) in [6, 6.07) is 1.28. The maximum absolute atomic E-state index is 12.6. The van der Waals surface area contributed by atoms with Crippen LogP contribution >= 0.6 is 0 Å². The second-order valence-electron chi connectivity index (χ2n) is 11.5. The van der Waals surface area contributed by atoms with E-state index >= 15 is 0 Å². The van der Waals surface area contributed by atoms with Crippen molar-refractivity contribution in [1.29, 1.82) is 0 Å². The first-order valence-corrected chi connectivity index (χ1v) is 16.7. The van der Waals surface area contributed by atoms with Crippen molar-refractivity contribution in [2.45, 2.75) is 102 Å². The first-order valence-electron chi connectivity index (χ1n) is 10.8. The zero-order chi connectivity index (χ0) is 24.0. The zero-order valence-electron chi connectivity index (χ0n) is 20.6. The van der Waals surface area contributed by atoms with Crippen LogP contribution < -0.4 is 11.2 Å². The molecule has 8 nitrogen and oxygen atoms in total. The minimum absolute atomic E-state index is 0.0541. The van der Waals surface area contributed by atoms with Crippen LogP contribution in [0.1, 0.15) is 47.8 Å². The highest BCUT2D eigenvalue weighted by Gasteiger charge is 2.54. The van der Waals surface area contributed by atoms with Crippen LogP contribution in [0.5, 0.6) is 0 Å². The number of ether oxygens (including phenoxy) is 1. The first kappa shape index (κ1) is 26.2. The Morgan fingerprint density at radius 1 is 1.00 bits per heavy atom. The molecule has 0 bridgehead atoms. The Bertz CT molecular complexity index is 881. The molecule has 1 saturated heterocycles. The summed E-state index contributed by atoms with van der Waals surface area (Å²) in [5.41, 5.74) is -1.06. The van der Waals surface area contributed by atoms with E-state index in [-0.39, 0.29) is 16.7 Å². The molecule has 178 valence electrons. The lowest BCUT2D eigenvalue weighted by atomic mass is 10.1.